The molecule has 0 aliphatic carbocycles. The van der Waals surface area contributed by atoms with Crippen LogP contribution < -0.4 is 15.3 Å². The predicted octanol–water partition coefficient (Wildman–Crippen LogP) is 4.84. The van der Waals surface area contributed by atoms with Crippen molar-refractivity contribution in [3.05, 3.63) is 67.5 Å². The lowest BCUT2D eigenvalue weighted by Gasteiger charge is -2.31. The first-order chi connectivity index (χ1) is 12.0. The minimum absolute atomic E-state index is 0.282. The molecule has 3 aromatic rings. The minimum atomic E-state index is -0.282. The quantitative estimate of drug-likeness (QED) is 0.549. The molecule has 128 valence electrons. The van der Waals surface area contributed by atoms with Gasteiger partial charge in [0, 0.05) is 21.1 Å². The maximum Gasteiger partial charge on any atom is 0.339 e. The van der Waals surface area contributed by atoms with E-state index in [1.54, 1.807) is 6.92 Å². The van der Waals surface area contributed by atoms with Crippen molar-refractivity contribution >= 4 is 32.6 Å². The zero-order valence-electron chi connectivity index (χ0n) is 14.4. The monoisotopic (exact) mass is 399 g/mol. The summed E-state index contributed by atoms with van der Waals surface area (Å²) < 4.78 is 12.6. The van der Waals surface area contributed by atoms with E-state index in [1.807, 2.05) is 25.1 Å². The molecule has 0 fully saturated rings. The van der Waals surface area contributed by atoms with Crippen molar-refractivity contribution in [1.29, 1.82) is 0 Å². The van der Waals surface area contributed by atoms with Crippen LogP contribution in [0.2, 0.25) is 0 Å². The first kappa shape index (κ1) is 16.2. The van der Waals surface area contributed by atoms with Crippen molar-refractivity contribution in [3.63, 3.8) is 0 Å². The van der Waals surface area contributed by atoms with Crippen LogP contribution in [0.25, 0.3) is 11.0 Å². The molecule has 2 heterocycles. The van der Waals surface area contributed by atoms with E-state index in [1.165, 1.54) is 5.56 Å². The molecule has 1 aromatic heterocycles. The first-order valence-corrected chi connectivity index (χ1v) is 8.95. The van der Waals surface area contributed by atoms with Crippen molar-refractivity contribution in [3.8, 4) is 5.75 Å². The van der Waals surface area contributed by atoms with Crippen LogP contribution in [0.15, 0.2) is 44.0 Å². The van der Waals surface area contributed by atoms with Crippen LogP contribution in [-0.4, -0.2) is 6.73 Å². The highest BCUT2D eigenvalue weighted by Crippen LogP contribution is 2.35. The summed E-state index contributed by atoms with van der Waals surface area (Å²) in [4.78, 5) is 14.3. The van der Waals surface area contributed by atoms with Crippen molar-refractivity contribution in [2.75, 3.05) is 11.6 Å². The fourth-order valence-electron chi connectivity index (χ4n) is 3.21. The Balaban J connectivity index is 1.84. The molecule has 25 heavy (non-hydrogen) atoms. The van der Waals surface area contributed by atoms with Crippen LogP contribution in [0, 0.1) is 20.8 Å². The number of nitrogens with zero attached hydrogens (tertiary/aromatic N) is 1. The number of anilines is 1. The van der Waals surface area contributed by atoms with Gasteiger partial charge >= 0.3 is 5.63 Å². The molecule has 0 radical (unpaired) electrons. The van der Waals surface area contributed by atoms with E-state index in [4.69, 9.17) is 9.15 Å². The Hall–Kier alpha value is -2.27. The van der Waals surface area contributed by atoms with Gasteiger partial charge in [0.15, 0.2) is 6.73 Å². The van der Waals surface area contributed by atoms with Crippen molar-refractivity contribution < 1.29 is 9.15 Å². The summed E-state index contributed by atoms with van der Waals surface area (Å²) >= 11 is 3.53. The lowest BCUT2D eigenvalue weighted by atomic mass is 10.0. The number of fused-ring (bicyclic) bond motifs is 3. The van der Waals surface area contributed by atoms with Gasteiger partial charge in [0.25, 0.3) is 0 Å². The highest BCUT2D eigenvalue weighted by atomic mass is 79.9. The Morgan fingerprint density at radius 1 is 1.08 bits per heavy atom. The van der Waals surface area contributed by atoms with Crippen LogP contribution in [0.5, 0.6) is 5.75 Å². The number of hydrogen-bond acceptors (Lipinski definition) is 4. The molecule has 0 spiro atoms. The standard InChI is InChI=1S/C20H18BrNO3/c1-11-8-14(4-6-17(11)21)22-9-16-18(24-10-22)7-5-15-12(2)13(3)20(23)25-19(15)16/h4-8H,9-10H2,1-3H3. The lowest BCUT2D eigenvalue weighted by Crippen LogP contribution is -2.32. The third-order valence-electron chi connectivity index (χ3n) is 4.92. The molecule has 0 N–H and O–H groups in total. The molecule has 5 heteroatoms. The lowest BCUT2D eigenvalue weighted by molar-refractivity contribution is 0.289. The van der Waals surface area contributed by atoms with Gasteiger partial charge in [0.2, 0.25) is 0 Å². The van der Waals surface area contributed by atoms with Crippen LogP contribution in [-0.2, 0) is 6.54 Å². The Bertz CT molecular complexity index is 1050. The van der Waals surface area contributed by atoms with Crippen LogP contribution in [0.4, 0.5) is 5.69 Å². The normalized spacial score (nSPS) is 13.7. The topological polar surface area (TPSA) is 42.7 Å². The van der Waals surface area contributed by atoms with Gasteiger partial charge < -0.3 is 14.1 Å². The molecular weight excluding hydrogens is 382 g/mol. The van der Waals surface area contributed by atoms with Gasteiger partial charge in [-0.1, -0.05) is 15.9 Å². The van der Waals surface area contributed by atoms with Gasteiger partial charge in [0.05, 0.1) is 12.1 Å². The number of rotatable bonds is 1. The molecule has 4 rings (SSSR count). The summed E-state index contributed by atoms with van der Waals surface area (Å²) in [6.07, 6.45) is 0. The predicted molar refractivity (Wildman–Crippen MR) is 103 cm³/mol. The van der Waals surface area contributed by atoms with Crippen molar-refractivity contribution in [1.82, 2.24) is 0 Å². The molecule has 4 nitrogen and oxygen atoms in total. The van der Waals surface area contributed by atoms with Crippen LogP contribution in [0.3, 0.4) is 0 Å². The number of halogens is 1. The van der Waals surface area contributed by atoms with Crippen LogP contribution in [0.1, 0.15) is 22.3 Å². The molecule has 0 saturated heterocycles. The Morgan fingerprint density at radius 3 is 2.64 bits per heavy atom. The van der Waals surface area contributed by atoms with Gasteiger partial charge in [-0.2, -0.15) is 0 Å². The van der Waals surface area contributed by atoms with Crippen LogP contribution >= 0.6 is 15.9 Å². The number of ether oxygens (including phenoxy) is 1. The van der Waals surface area contributed by atoms with E-state index in [0.717, 1.165) is 32.4 Å². The number of benzene rings is 2. The van der Waals surface area contributed by atoms with E-state index >= 15 is 0 Å². The van der Waals surface area contributed by atoms with Gasteiger partial charge in [-0.25, -0.2) is 4.79 Å². The summed E-state index contributed by atoms with van der Waals surface area (Å²) in [6.45, 7) is 6.93. The van der Waals surface area contributed by atoms with Gasteiger partial charge in [-0.3, -0.25) is 0 Å². The second kappa shape index (κ2) is 5.92. The first-order valence-electron chi connectivity index (χ1n) is 8.15. The van der Waals surface area contributed by atoms with Gasteiger partial charge in [-0.15, -0.1) is 0 Å². The molecule has 0 saturated carbocycles. The summed E-state index contributed by atoms with van der Waals surface area (Å²) in [7, 11) is 0. The second-order valence-electron chi connectivity index (χ2n) is 6.46. The molecule has 0 amide bonds. The second-order valence-corrected chi connectivity index (χ2v) is 7.32. The van der Waals surface area contributed by atoms with Gasteiger partial charge in [-0.05, 0) is 62.2 Å². The number of hydrogen-bond donors (Lipinski definition) is 0. The summed E-state index contributed by atoms with van der Waals surface area (Å²) in [5, 5.41) is 0.966. The molecule has 0 bridgehead atoms. The number of aryl methyl sites for hydroxylation is 2. The van der Waals surface area contributed by atoms with Gasteiger partial charge in [0.1, 0.15) is 11.3 Å². The Kier molecular flexibility index (Phi) is 3.84. The maximum absolute atomic E-state index is 12.1. The highest BCUT2D eigenvalue weighted by Gasteiger charge is 2.23. The largest absolute Gasteiger partial charge is 0.473 e. The average Bonchev–Trinajstić information content (AvgIpc) is 2.61. The van der Waals surface area contributed by atoms with E-state index in [-0.39, 0.29) is 5.63 Å². The summed E-state index contributed by atoms with van der Waals surface area (Å²) in [5.41, 5.74) is 5.13. The molecule has 2 aromatic carbocycles. The van der Waals surface area contributed by atoms with Crippen molar-refractivity contribution in [2.45, 2.75) is 27.3 Å². The smallest absolute Gasteiger partial charge is 0.339 e. The fourth-order valence-corrected chi connectivity index (χ4v) is 3.45. The Labute approximate surface area is 154 Å². The van der Waals surface area contributed by atoms with E-state index < -0.39 is 0 Å². The summed E-state index contributed by atoms with van der Waals surface area (Å²) in [5.74, 6) is 0.781. The highest BCUT2D eigenvalue weighted by molar-refractivity contribution is 9.10. The molecule has 1 aliphatic rings. The molecular formula is C20H18BrNO3. The van der Waals surface area contributed by atoms with Crippen molar-refractivity contribution in [2.24, 2.45) is 0 Å². The SMILES string of the molecule is Cc1cc(N2COc3ccc4c(C)c(C)c(=O)oc4c3C2)ccc1Br. The Morgan fingerprint density at radius 2 is 1.88 bits per heavy atom. The van der Waals surface area contributed by atoms with E-state index in [0.29, 0.717) is 24.4 Å². The molecule has 0 unspecified atom stereocenters. The third-order valence-corrected chi connectivity index (χ3v) is 5.81. The zero-order valence-corrected chi connectivity index (χ0v) is 15.9. The minimum Gasteiger partial charge on any atom is -0.473 e. The van der Waals surface area contributed by atoms with E-state index in [9.17, 15) is 4.79 Å². The molecule has 1 aliphatic heterocycles. The van der Waals surface area contributed by atoms with E-state index in [2.05, 4.69) is 39.9 Å². The zero-order chi connectivity index (χ0) is 17.7. The fraction of sp³-hybridized carbons (Fsp3) is 0.250. The molecule has 0 atom stereocenters. The summed E-state index contributed by atoms with van der Waals surface area (Å²) in [6, 6.07) is 10.2. The third kappa shape index (κ3) is 2.63. The maximum atomic E-state index is 12.1. The average molecular weight is 400 g/mol.